The molecule has 27 heavy (non-hydrogen) atoms. The van der Waals surface area contributed by atoms with Gasteiger partial charge in [-0.3, -0.25) is 9.10 Å². The first-order valence-electron chi connectivity index (χ1n) is 8.72. The van der Waals surface area contributed by atoms with Gasteiger partial charge in [-0.05, 0) is 59.5 Å². The fourth-order valence-corrected chi connectivity index (χ4v) is 4.51. The van der Waals surface area contributed by atoms with Crippen LogP contribution in [-0.2, 0) is 14.8 Å². The van der Waals surface area contributed by atoms with Crippen molar-refractivity contribution in [1.29, 1.82) is 0 Å². The van der Waals surface area contributed by atoms with Gasteiger partial charge >= 0.3 is 0 Å². The van der Waals surface area contributed by atoms with Crippen LogP contribution in [0, 0.1) is 13.8 Å². The molecule has 0 heterocycles. The molecule has 0 radical (unpaired) electrons. The molecule has 1 N–H and O–H groups in total. The number of nitrogens with one attached hydrogen (secondary N) is 1. The number of aryl methyl sites for hydroxylation is 2. The summed E-state index contributed by atoms with van der Waals surface area (Å²) in [4.78, 5) is 12.7. The van der Waals surface area contributed by atoms with Gasteiger partial charge in [-0.2, -0.15) is 0 Å². The third kappa shape index (κ3) is 5.56. The van der Waals surface area contributed by atoms with E-state index in [4.69, 9.17) is 0 Å². The zero-order valence-corrected chi connectivity index (χ0v) is 18.4. The van der Waals surface area contributed by atoms with Gasteiger partial charge in [-0.25, -0.2) is 8.42 Å². The molecule has 0 saturated heterocycles. The molecule has 0 fully saturated rings. The van der Waals surface area contributed by atoms with Crippen LogP contribution in [0.1, 0.15) is 36.1 Å². The van der Waals surface area contributed by atoms with Gasteiger partial charge < -0.3 is 5.32 Å². The van der Waals surface area contributed by atoms with Crippen LogP contribution >= 0.6 is 15.9 Å². The van der Waals surface area contributed by atoms with Crippen molar-refractivity contribution in [2.24, 2.45) is 0 Å². The molecule has 0 bridgehead atoms. The molecule has 1 amide bonds. The second-order valence-electron chi connectivity index (χ2n) is 6.61. The second kappa shape index (κ2) is 8.89. The van der Waals surface area contributed by atoms with Crippen molar-refractivity contribution in [3.8, 4) is 0 Å². The molecule has 0 aliphatic carbocycles. The van der Waals surface area contributed by atoms with Crippen molar-refractivity contribution in [1.82, 2.24) is 5.32 Å². The maximum Gasteiger partial charge on any atom is 0.241 e. The maximum atomic E-state index is 12.7. The van der Waals surface area contributed by atoms with Crippen molar-refractivity contribution in [2.75, 3.05) is 17.1 Å². The monoisotopic (exact) mass is 452 g/mol. The van der Waals surface area contributed by atoms with E-state index in [1.54, 1.807) is 24.3 Å². The number of carbonyl (C=O) groups is 1. The molecule has 1 unspecified atom stereocenters. The van der Waals surface area contributed by atoms with E-state index in [0.29, 0.717) is 16.6 Å². The molecule has 0 aliphatic rings. The molecule has 2 rings (SSSR count). The highest BCUT2D eigenvalue weighted by molar-refractivity contribution is 9.10. The van der Waals surface area contributed by atoms with Crippen LogP contribution in [0.15, 0.2) is 46.9 Å². The lowest BCUT2D eigenvalue weighted by Gasteiger charge is -2.25. The zero-order chi connectivity index (χ0) is 20.2. The molecule has 0 aromatic heterocycles. The first-order valence-corrected chi connectivity index (χ1v) is 11.4. The van der Waals surface area contributed by atoms with Crippen molar-refractivity contribution >= 4 is 37.5 Å². The van der Waals surface area contributed by atoms with Crippen LogP contribution in [0.4, 0.5) is 5.69 Å². The summed E-state index contributed by atoms with van der Waals surface area (Å²) in [6, 6.07) is 12.9. The van der Waals surface area contributed by atoms with E-state index in [9.17, 15) is 13.2 Å². The molecule has 5 nitrogen and oxygen atoms in total. The number of anilines is 1. The lowest BCUT2D eigenvalue weighted by atomic mass is 9.97. The van der Waals surface area contributed by atoms with Crippen molar-refractivity contribution in [2.45, 2.75) is 33.2 Å². The number of halogens is 1. The topological polar surface area (TPSA) is 66.5 Å². The molecular formula is C20H25BrN2O3S. The van der Waals surface area contributed by atoms with E-state index in [-0.39, 0.29) is 18.5 Å². The third-order valence-corrected chi connectivity index (χ3v) is 6.15. The maximum absolute atomic E-state index is 12.7. The van der Waals surface area contributed by atoms with Gasteiger partial charge in [0, 0.05) is 4.47 Å². The molecule has 2 aromatic rings. The molecule has 0 saturated carbocycles. The van der Waals surface area contributed by atoms with Crippen molar-refractivity contribution in [3.05, 3.63) is 63.6 Å². The van der Waals surface area contributed by atoms with E-state index in [1.165, 1.54) is 0 Å². The number of benzene rings is 2. The lowest BCUT2D eigenvalue weighted by Crippen LogP contribution is -2.41. The van der Waals surface area contributed by atoms with Crippen LogP contribution in [0.2, 0.25) is 0 Å². The minimum absolute atomic E-state index is 0.168. The minimum Gasteiger partial charge on any atom is -0.348 e. The van der Waals surface area contributed by atoms with Crippen LogP contribution in [-0.4, -0.2) is 27.1 Å². The fourth-order valence-electron chi connectivity index (χ4n) is 3.02. The highest BCUT2D eigenvalue weighted by Gasteiger charge is 2.24. The summed E-state index contributed by atoms with van der Waals surface area (Å²) in [5, 5.41) is 2.97. The molecule has 0 aliphatic heterocycles. The van der Waals surface area contributed by atoms with E-state index < -0.39 is 10.0 Å². The molecule has 2 aromatic carbocycles. The number of sulfonamides is 1. The van der Waals surface area contributed by atoms with Gasteiger partial charge in [0.15, 0.2) is 0 Å². The van der Waals surface area contributed by atoms with Gasteiger partial charge in [0.05, 0.1) is 18.0 Å². The summed E-state index contributed by atoms with van der Waals surface area (Å²) in [7, 11) is -3.61. The number of nitrogens with zero attached hydrogens (tertiary/aromatic N) is 1. The summed E-state index contributed by atoms with van der Waals surface area (Å²) in [6.07, 6.45) is 1.81. The predicted octanol–water partition coefficient (Wildman–Crippen LogP) is 4.10. The molecule has 146 valence electrons. The minimum atomic E-state index is -3.61. The van der Waals surface area contributed by atoms with Gasteiger partial charge in [-0.1, -0.05) is 42.8 Å². The average Bonchev–Trinajstić information content (AvgIpc) is 2.58. The number of para-hydroxylation sites is 1. The average molecular weight is 453 g/mol. The lowest BCUT2D eigenvalue weighted by molar-refractivity contribution is -0.120. The number of hydrogen-bond donors (Lipinski definition) is 1. The quantitative estimate of drug-likeness (QED) is 0.687. The summed E-state index contributed by atoms with van der Waals surface area (Å²) in [5.41, 5.74) is 3.75. The summed E-state index contributed by atoms with van der Waals surface area (Å²) < 4.78 is 26.3. The van der Waals surface area contributed by atoms with Gasteiger partial charge in [0.1, 0.15) is 6.54 Å². The number of hydrogen-bond acceptors (Lipinski definition) is 3. The van der Waals surface area contributed by atoms with Gasteiger partial charge in [0.2, 0.25) is 15.9 Å². The first-order chi connectivity index (χ1) is 12.6. The smallest absolute Gasteiger partial charge is 0.241 e. The van der Waals surface area contributed by atoms with Crippen LogP contribution in [0.25, 0.3) is 0 Å². The van der Waals surface area contributed by atoms with E-state index in [2.05, 4.69) is 27.3 Å². The third-order valence-electron chi connectivity index (χ3n) is 4.35. The van der Waals surface area contributed by atoms with Crippen molar-refractivity contribution < 1.29 is 13.2 Å². The standard InChI is InChI=1S/C20H25BrN2O3S/c1-5-18(16-11-10-14(2)12-15(16)3)22-20(24)13-23(27(4,25)26)19-9-7-6-8-17(19)21/h6-12,18H,5,13H2,1-4H3,(H,22,24). The summed E-state index contributed by atoms with van der Waals surface area (Å²) >= 11 is 3.36. The van der Waals surface area contributed by atoms with Crippen LogP contribution in [0.5, 0.6) is 0 Å². The Kier molecular flexibility index (Phi) is 7.06. The SMILES string of the molecule is CCC(NC(=O)CN(c1ccccc1Br)S(C)(=O)=O)c1ccc(C)cc1C. The summed E-state index contributed by atoms with van der Waals surface area (Å²) in [5.74, 6) is -0.344. The Morgan fingerprint density at radius 3 is 2.41 bits per heavy atom. The fraction of sp³-hybridized carbons (Fsp3) is 0.350. The second-order valence-corrected chi connectivity index (χ2v) is 9.37. The Bertz CT molecular complexity index is 929. The number of rotatable bonds is 7. The molecule has 7 heteroatoms. The Balaban J connectivity index is 2.23. The largest absolute Gasteiger partial charge is 0.348 e. The van der Waals surface area contributed by atoms with Crippen molar-refractivity contribution in [3.63, 3.8) is 0 Å². The van der Waals surface area contributed by atoms with Gasteiger partial charge in [-0.15, -0.1) is 0 Å². The number of carbonyl (C=O) groups excluding carboxylic acids is 1. The van der Waals surface area contributed by atoms with E-state index in [0.717, 1.165) is 27.3 Å². The van der Waals surface area contributed by atoms with Crippen LogP contribution in [0.3, 0.4) is 0 Å². The molecular weight excluding hydrogens is 428 g/mol. The summed E-state index contributed by atoms with van der Waals surface area (Å²) in [6.45, 7) is 5.76. The van der Waals surface area contributed by atoms with E-state index in [1.807, 2.05) is 32.9 Å². The zero-order valence-electron chi connectivity index (χ0n) is 16.0. The molecule has 1 atom stereocenters. The molecule has 0 spiro atoms. The predicted molar refractivity (Wildman–Crippen MR) is 113 cm³/mol. The van der Waals surface area contributed by atoms with E-state index >= 15 is 0 Å². The first kappa shape index (κ1) is 21.4. The van der Waals surface area contributed by atoms with Gasteiger partial charge in [0.25, 0.3) is 0 Å². The highest BCUT2D eigenvalue weighted by atomic mass is 79.9. The Labute approximate surface area is 170 Å². The Hall–Kier alpha value is -1.86. The number of amides is 1. The van der Waals surface area contributed by atoms with Crippen LogP contribution < -0.4 is 9.62 Å². The Morgan fingerprint density at radius 2 is 1.85 bits per heavy atom. The highest BCUT2D eigenvalue weighted by Crippen LogP contribution is 2.28. The Morgan fingerprint density at radius 1 is 1.19 bits per heavy atom. The normalized spacial score (nSPS) is 12.5.